The summed E-state index contributed by atoms with van der Waals surface area (Å²) in [6.07, 6.45) is 11.6. The molecule has 2 aliphatic heterocycles. The molecule has 0 aromatic carbocycles. The van der Waals surface area contributed by atoms with E-state index in [1.807, 2.05) is 6.20 Å². The van der Waals surface area contributed by atoms with Crippen molar-refractivity contribution in [2.24, 2.45) is 23.7 Å². The van der Waals surface area contributed by atoms with Gasteiger partial charge in [0, 0.05) is 57.0 Å². The fourth-order valence-electron chi connectivity index (χ4n) is 6.20. The molecule has 156 valence electrons. The number of hydrogen-bond donors (Lipinski definition) is 0. The van der Waals surface area contributed by atoms with Crippen molar-refractivity contribution in [1.29, 1.82) is 0 Å². The summed E-state index contributed by atoms with van der Waals surface area (Å²) in [5.41, 5.74) is 0. The highest BCUT2D eigenvalue weighted by Crippen LogP contribution is 2.54. The maximum Gasteiger partial charge on any atom is 0.232 e. The van der Waals surface area contributed by atoms with Gasteiger partial charge in [-0.1, -0.05) is 6.42 Å². The molecule has 5 rings (SSSR count). The van der Waals surface area contributed by atoms with E-state index in [-0.39, 0.29) is 23.7 Å². The van der Waals surface area contributed by atoms with Crippen molar-refractivity contribution >= 4 is 17.6 Å². The largest absolute Gasteiger partial charge is 0.353 e. The number of likely N-dealkylation sites (tertiary alicyclic amines) is 1. The standard InChI is InChI=1S/C22H31N5O2/c28-21-18-14-19(17-5-3-4-16(17)18)22(29)27(21)9-2-1-8-25-10-12-26(13-11-25)20-15-23-6-7-24-20/h6-7,15-19H,1-5,8-14H2. The molecule has 1 aromatic heterocycles. The zero-order valence-corrected chi connectivity index (χ0v) is 17.1. The number of fused-ring (bicyclic) bond motifs is 5. The van der Waals surface area contributed by atoms with Crippen LogP contribution in [0.25, 0.3) is 0 Å². The van der Waals surface area contributed by atoms with E-state index in [2.05, 4.69) is 19.8 Å². The molecule has 4 fully saturated rings. The van der Waals surface area contributed by atoms with E-state index in [0.717, 1.165) is 70.6 Å². The summed E-state index contributed by atoms with van der Waals surface area (Å²) in [6, 6.07) is 0. The minimum Gasteiger partial charge on any atom is -0.353 e. The number of carbonyl (C=O) groups is 2. The first kappa shape index (κ1) is 19.0. The Hall–Kier alpha value is -2.02. The predicted molar refractivity (Wildman–Crippen MR) is 109 cm³/mol. The van der Waals surface area contributed by atoms with Gasteiger partial charge in [0.05, 0.1) is 6.20 Å². The van der Waals surface area contributed by atoms with Crippen LogP contribution in [0.15, 0.2) is 18.6 Å². The second-order valence-corrected chi connectivity index (χ2v) is 9.13. The number of piperazine rings is 1. The van der Waals surface area contributed by atoms with E-state index in [1.54, 1.807) is 17.3 Å². The molecule has 4 atom stereocenters. The zero-order chi connectivity index (χ0) is 19.8. The van der Waals surface area contributed by atoms with Gasteiger partial charge in [0.1, 0.15) is 5.82 Å². The number of piperidine rings is 1. The highest BCUT2D eigenvalue weighted by molar-refractivity contribution is 6.01. The Bertz CT molecular complexity index is 721. The van der Waals surface area contributed by atoms with Crippen molar-refractivity contribution in [2.45, 2.75) is 38.5 Å². The number of carbonyl (C=O) groups excluding carboxylic acids is 2. The Labute approximate surface area is 172 Å². The van der Waals surface area contributed by atoms with Crippen molar-refractivity contribution in [2.75, 3.05) is 44.2 Å². The molecular weight excluding hydrogens is 366 g/mol. The summed E-state index contributed by atoms with van der Waals surface area (Å²) in [5.74, 6) is 2.49. The van der Waals surface area contributed by atoms with Crippen LogP contribution in [0.3, 0.4) is 0 Å². The van der Waals surface area contributed by atoms with E-state index >= 15 is 0 Å². The number of aromatic nitrogens is 2. The van der Waals surface area contributed by atoms with Gasteiger partial charge in [-0.25, -0.2) is 4.98 Å². The van der Waals surface area contributed by atoms with Gasteiger partial charge < -0.3 is 4.90 Å². The van der Waals surface area contributed by atoms with Gasteiger partial charge in [0.2, 0.25) is 11.8 Å². The molecule has 3 heterocycles. The molecule has 0 N–H and O–H groups in total. The Morgan fingerprint density at radius 1 is 0.897 bits per heavy atom. The van der Waals surface area contributed by atoms with E-state index in [0.29, 0.717) is 18.4 Å². The smallest absolute Gasteiger partial charge is 0.232 e. The Morgan fingerprint density at radius 3 is 2.24 bits per heavy atom. The Morgan fingerprint density at radius 2 is 1.59 bits per heavy atom. The highest BCUT2D eigenvalue weighted by Gasteiger charge is 2.56. The van der Waals surface area contributed by atoms with Crippen LogP contribution in [0.1, 0.15) is 38.5 Å². The lowest BCUT2D eigenvalue weighted by molar-refractivity contribution is -0.153. The number of unbranched alkanes of at least 4 members (excludes halogenated alkanes) is 1. The Balaban J connectivity index is 1.06. The molecule has 2 saturated heterocycles. The molecule has 7 nitrogen and oxygen atoms in total. The van der Waals surface area contributed by atoms with E-state index in [4.69, 9.17) is 0 Å². The number of imide groups is 1. The zero-order valence-electron chi connectivity index (χ0n) is 17.1. The normalized spacial score (nSPS) is 32.1. The maximum absolute atomic E-state index is 12.9. The SMILES string of the molecule is O=C1C2CC(C(=O)N1CCCCN1CCN(c3cnccn3)CC1)C1CCCC21. The molecule has 4 aliphatic rings. The van der Waals surface area contributed by atoms with Crippen molar-refractivity contribution in [1.82, 2.24) is 19.8 Å². The van der Waals surface area contributed by atoms with Crippen LogP contribution in [0.2, 0.25) is 0 Å². The molecule has 2 aliphatic carbocycles. The molecule has 2 bridgehead atoms. The first-order valence-corrected chi connectivity index (χ1v) is 11.3. The average molecular weight is 398 g/mol. The molecule has 0 radical (unpaired) electrons. The van der Waals surface area contributed by atoms with Gasteiger partial charge in [-0.15, -0.1) is 0 Å². The van der Waals surface area contributed by atoms with E-state index in [9.17, 15) is 9.59 Å². The lowest BCUT2D eigenvalue weighted by Gasteiger charge is -2.35. The van der Waals surface area contributed by atoms with Crippen LogP contribution >= 0.6 is 0 Å². The third-order valence-corrected chi connectivity index (χ3v) is 7.68. The van der Waals surface area contributed by atoms with Gasteiger partial charge in [-0.05, 0) is 50.5 Å². The monoisotopic (exact) mass is 397 g/mol. The number of hydrogen-bond acceptors (Lipinski definition) is 6. The maximum atomic E-state index is 12.9. The number of anilines is 1. The quantitative estimate of drug-likeness (QED) is 0.539. The lowest BCUT2D eigenvalue weighted by atomic mass is 9.91. The molecule has 2 saturated carbocycles. The van der Waals surface area contributed by atoms with Crippen molar-refractivity contribution in [3.8, 4) is 0 Å². The van der Waals surface area contributed by atoms with Gasteiger partial charge in [0.15, 0.2) is 0 Å². The summed E-state index contributed by atoms with van der Waals surface area (Å²) >= 11 is 0. The first-order valence-electron chi connectivity index (χ1n) is 11.3. The summed E-state index contributed by atoms with van der Waals surface area (Å²) in [7, 11) is 0. The fraction of sp³-hybridized carbons (Fsp3) is 0.727. The van der Waals surface area contributed by atoms with Gasteiger partial charge in [-0.2, -0.15) is 0 Å². The van der Waals surface area contributed by atoms with Gasteiger partial charge >= 0.3 is 0 Å². The topological polar surface area (TPSA) is 69.6 Å². The van der Waals surface area contributed by atoms with E-state index in [1.165, 1.54) is 6.42 Å². The molecule has 2 amide bonds. The van der Waals surface area contributed by atoms with Crippen LogP contribution in [-0.2, 0) is 9.59 Å². The number of amides is 2. The molecule has 4 unspecified atom stereocenters. The number of nitrogens with zero attached hydrogens (tertiary/aromatic N) is 5. The Kier molecular flexibility index (Phi) is 5.24. The first-order chi connectivity index (χ1) is 14.2. The van der Waals surface area contributed by atoms with E-state index < -0.39 is 0 Å². The van der Waals surface area contributed by atoms with Crippen LogP contribution in [-0.4, -0.2) is 70.9 Å². The molecule has 1 aromatic rings. The molecular formula is C22H31N5O2. The van der Waals surface area contributed by atoms with Crippen LogP contribution in [0.4, 0.5) is 5.82 Å². The minimum atomic E-state index is 0.137. The second-order valence-electron chi connectivity index (χ2n) is 9.13. The fourth-order valence-corrected chi connectivity index (χ4v) is 6.20. The van der Waals surface area contributed by atoms with Crippen molar-refractivity contribution < 1.29 is 9.59 Å². The summed E-state index contributed by atoms with van der Waals surface area (Å²) in [4.78, 5) is 40.7. The molecule has 0 spiro atoms. The minimum absolute atomic E-state index is 0.137. The highest BCUT2D eigenvalue weighted by atomic mass is 16.2. The van der Waals surface area contributed by atoms with Crippen LogP contribution in [0, 0.1) is 23.7 Å². The summed E-state index contributed by atoms with van der Waals surface area (Å²) < 4.78 is 0. The summed E-state index contributed by atoms with van der Waals surface area (Å²) in [6.45, 7) is 5.62. The van der Waals surface area contributed by atoms with Crippen LogP contribution in [0.5, 0.6) is 0 Å². The lowest BCUT2D eigenvalue weighted by Crippen LogP contribution is -2.48. The van der Waals surface area contributed by atoms with Crippen molar-refractivity contribution in [3.63, 3.8) is 0 Å². The summed E-state index contributed by atoms with van der Waals surface area (Å²) in [5, 5.41) is 0. The van der Waals surface area contributed by atoms with Crippen molar-refractivity contribution in [3.05, 3.63) is 18.6 Å². The third kappa shape index (κ3) is 3.54. The average Bonchev–Trinajstić information content (AvgIpc) is 3.35. The third-order valence-electron chi connectivity index (χ3n) is 7.68. The van der Waals surface area contributed by atoms with Gasteiger partial charge in [0.25, 0.3) is 0 Å². The predicted octanol–water partition coefficient (Wildman–Crippen LogP) is 1.80. The second kappa shape index (κ2) is 8.01. The number of rotatable bonds is 6. The van der Waals surface area contributed by atoms with Crippen LogP contribution < -0.4 is 4.90 Å². The van der Waals surface area contributed by atoms with Gasteiger partial charge in [-0.3, -0.25) is 24.4 Å². The molecule has 29 heavy (non-hydrogen) atoms. The molecule has 7 heteroatoms.